The van der Waals surface area contributed by atoms with Gasteiger partial charge in [-0.05, 0) is 45.3 Å². The maximum absolute atomic E-state index is 6.42. The van der Waals surface area contributed by atoms with Crippen molar-refractivity contribution in [2.75, 3.05) is 52.9 Å². The topological polar surface area (TPSA) is 36.9 Å². The molecule has 0 rings (SSSR count). The SMILES string of the molecule is CC(COCC(COCC(C)C(C)(C)C)(COCC(C)C(C)(C)C)COCC(C)C(C)(C)C)C(C)(C)C. The maximum atomic E-state index is 6.42. The zero-order chi connectivity index (χ0) is 29.3. The summed E-state index contributed by atoms with van der Waals surface area (Å²) in [6.07, 6.45) is 0. The first-order chi connectivity index (χ1) is 16.5. The van der Waals surface area contributed by atoms with Gasteiger partial charge in [-0.2, -0.15) is 0 Å². The monoisotopic (exact) mass is 529 g/mol. The highest BCUT2D eigenvalue weighted by atomic mass is 16.5. The van der Waals surface area contributed by atoms with Gasteiger partial charge >= 0.3 is 0 Å². The first-order valence-corrected chi connectivity index (χ1v) is 14.8. The molecule has 0 bridgehead atoms. The van der Waals surface area contributed by atoms with Crippen molar-refractivity contribution in [2.45, 2.75) is 111 Å². The molecule has 0 spiro atoms. The zero-order valence-corrected chi connectivity index (χ0v) is 28.1. The van der Waals surface area contributed by atoms with Gasteiger partial charge in [0.25, 0.3) is 0 Å². The predicted octanol–water partition coefficient (Wildman–Crippen LogP) is 8.77. The van der Waals surface area contributed by atoms with E-state index in [1.54, 1.807) is 0 Å². The molecule has 4 unspecified atom stereocenters. The summed E-state index contributed by atoms with van der Waals surface area (Å²) in [5.41, 5.74) is 0.485. The molecule has 224 valence electrons. The van der Waals surface area contributed by atoms with Crippen LogP contribution in [-0.2, 0) is 18.9 Å². The maximum Gasteiger partial charge on any atom is 0.0637 e. The second kappa shape index (κ2) is 15.0. The molecule has 0 fully saturated rings. The molecular weight excluding hydrogens is 460 g/mol. The fourth-order valence-corrected chi connectivity index (χ4v) is 3.06. The highest BCUT2D eigenvalue weighted by Crippen LogP contribution is 2.31. The van der Waals surface area contributed by atoms with Gasteiger partial charge in [0.15, 0.2) is 0 Å². The van der Waals surface area contributed by atoms with Crippen LogP contribution in [-0.4, -0.2) is 52.9 Å². The van der Waals surface area contributed by atoms with Gasteiger partial charge in [0.2, 0.25) is 0 Å². The number of ether oxygens (including phenoxy) is 4. The van der Waals surface area contributed by atoms with Crippen LogP contribution in [0, 0.1) is 50.7 Å². The molecular formula is C33H68O4. The van der Waals surface area contributed by atoms with Crippen molar-refractivity contribution in [3.05, 3.63) is 0 Å². The van der Waals surface area contributed by atoms with Crippen LogP contribution in [0.3, 0.4) is 0 Å². The minimum Gasteiger partial charge on any atom is -0.380 e. The normalized spacial score (nSPS) is 18.8. The van der Waals surface area contributed by atoms with E-state index >= 15 is 0 Å². The van der Waals surface area contributed by atoms with Crippen LogP contribution < -0.4 is 0 Å². The van der Waals surface area contributed by atoms with Crippen molar-refractivity contribution in [3.8, 4) is 0 Å². The van der Waals surface area contributed by atoms with Crippen LogP contribution >= 0.6 is 0 Å². The second-order valence-corrected chi connectivity index (χ2v) is 16.6. The van der Waals surface area contributed by atoms with Gasteiger partial charge in [0.05, 0.1) is 31.8 Å². The van der Waals surface area contributed by atoms with Crippen LogP contribution in [0.5, 0.6) is 0 Å². The van der Waals surface area contributed by atoms with Crippen molar-refractivity contribution in [3.63, 3.8) is 0 Å². The molecule has 0 saturated heterocycles. The Kier molecular flexibility index (Phi) is 14.9. The van der Waals surface area contributed by atoms with E-state index in [0.29, 0.717) is 50.1 Å². The van der Waals surface area contributed by atoms with Gasteiger partial charge in [-0.1, -0.05) is 111 Å². The quantitative estimate of drug-likeness (QED) is 0.201. The average molecular weight is 529 g/mol. The molecule has 4 heteroatoms. The van der Waals surface area contributed by atoms with Crippen LogP contribution in [0.4, 0.5) is 0 Å². The van der Waals surface area contributed by atoms with E-state index in [-0.39, 0.29) is 27.1 Å². The standard InChI is InChI=1S/C33H68O4/c1-25(29(5,6)7)17-34-21-33(22-35-18-26(2)30(8,9)10,23-36-19-27(3)31(11,12)13)24-37-20-28(4)32(14,15)16/h25-28H,17-24H2,1-16H3. The molecule has 0 aliphatic heterocycles. The lowest BCUT2D eigenvalue weighted by molar-refractivity contribution is -0.126. The van der Waals surface area contributed by atoms with E-state index in [1.165, 1.54) is 0 Å². The molecule has 0 aromatic heterocycles. The lowest BCUT2D eigenvalue weighted by atomic mass is 9.82. The Balaban J connectivity index is 5.67. The second-order valence-electron chi connectivity index (χ2n) is 16.6. The molecule has 0 aliphatic carbocycles. The van der Waals surface area contributed by atoms with Crippen molar-refractivity contribution >= 4 is 0 Å². The van der Waals surface area contributed by atoms with Crippen LogP contribution in [0.1, 0.15) is 111 Å². The summed E-state index contributed by atoms with van der Waals surface area (Å²) in [4.78, 5) is 0. The molecule has 0 saturated carbocycles. The fraction of sp³-hybridized carbons (Fsp3) is 1.00. The highest BCUT2D eigenvalue weighted by molar-refractivity contribution is 4.82. The number of rotatable bonds is 16. The smallest absolute Gasteiger partial charge is 0.0637 e. The lowest BCUT2D eigenvalue weighted by Gasteiger charge is -2.37. The molecule has 0 amide bonds. The summed E-state index contributed by atoms with van der Waals surface area (Å²) in [5.74, 6) is 1.82. The number of hydrogen-bond acceptors (Lipinski definition) is 4. The summed E-state index contributed by atoms with van der Waals surface area (Å²) in [5, 5.41) is 0. The Labute approximate surface area is 233 Å². The van der Waals surface area contributed by atoms with Crippen molar-refractivity contribution in [2.24, 2.45) is 50.7 Å². The Morgan fingerprint density at radius 2 is 0.514 bits per heavy atom. The fourth-order valence-electron chi connectivity index (χ4n) is 3.06. The van der Waals surface area contributed by atoms with Gasteiger partial charge in [-0.3, -0.25) is 0 Å². The Hall–Kier alpha value is -0.160. The Bertz CT molecular complexity index is 490. The van der Waals surface area contributed by atoms with E-state index in [9.17, 15) is 0 Å². The molecule has 0 radical (unpaired) electrons. The van der Waals surface area contributed by atoms with Gasteiger partial charge in [0.1, 0.15) is 0 Å². The summed E-state index contributed by atoms with van der Waals surface area (Å²) in [7, 11) is 0. The van der Waals surface area contributed by atoms with Crippen molar-refractivity contribution < 1.29 is 18.9 Å². The first kappa shape index (κ1) is 36.8. The minimum atomic E-state index is -0.343. The minimum absolute atomic E-state index is 0.207. The van der Waals surface area contributed by atoms with Crippen molar-refractivity contribution in [1.82, 2.24) is 0 Å². The van der Waals surface area contributed by atoms with E-state index in [0.717, 1.165) is 26.4 Å². The summed E-state index contributed by atoms with van der Waals surface area (Å²) < 4.78 is 25.7. The Morgan fingerprint density at radius 1 is 0.351 bits per heavy atom. The summed E-state index contributed by atoms with van der Waals surface area (Å²) in [6.45, 7) is 41.6. The molecule has 37 heavy (non-hydrogen) atoms. The van der Waals surface area contributed by atoms with Gasteiger partial charge < -0.3 is 18.9 Å². The summed E-state index contributed by atoms with van der Waals surface area (Å²) >= 11 is 0. The largest absolute Gasteiger partial charge is 0.380 e. The third kappa shape index (κ3) is 15.3. The highest BCUT2D eigenvalue weighted by Gasteiger charge is 2.35. The van der Waals surface area contributed by atoms with E-state index in [4.69, 9.17) is 18.9 Å². The van der Waals surface area contributed by atoms with Crippen LogP contribution in [0.25, 0.3) is 0 Å². The molecule has 0 N–H and O–H groups in total. The zero-order valence-electron chi connectivity index (χ0n) is 28.1. The third-order valence-corrected chi connectivity index (χ3v) is 9.02. The van der Waals surface area contributed by atoms with Crippen LogP contribution in [0.15, 0.2) is 0 Å². The van der Waals surface area contributed by atoms with E-state index in [1.807, 2.05) is 0 Å². The summed E-state index contributed by atoms with van der Waals surface area (Å²) in [6, 6.07) is 0. The van der Waals surface area contributed by atoms with Crippen LogP contribution in [0.2, 0.25) is 0 Å². The Morgan fingerprint density at radius 3 is 0.649 bits per heavy atom. The lowest BCUT2D eigenvalue weighted by Crippen LogP contribution is -2.44. The molecule has 0 aromatic carbocycles. The third-order valence-electron chi connectivity index (χ3n) is 9.02. The number of hydrogen-bond donors (Lipinski definition) is 0. The molecule has 0 heterocycles. The predicted molar refractivity (Wildman–Crippen MR) is 160 cm³/mol. The molecule has 0 aliphatic rings. The molecule has 0 aromatic rings. The van der Waals surface area contributed by atoms with Crippen molar-refractivity contribution in [1.29, 1.82) is 0 Å². The van der Waals surface area contributed by atoms with Gasteiger partial charge in [-0.25, -0.2) is 0 Å². The van der Waals surface area contributed by atoms with Gasteiger partial charge in [-0.15, -0.1) is 0 Å². The van der Waals surface area contributed by atoms with E-state index < -0.39 is 0 Å². The first-order valence-electron chi connectivity index (χ1n) is 14.8. The molecule has 4 nitrogen and oxygen atoms in total. The van der Waals surface area contributed by atoms with E-state index in [2.05, 4.69) is 111 Å². The van der Waals surface area contributed by atoms with Gasteiger partial charge in [0, 0.05) is 26.4 Å². The average Bonchev–Trinajstić information content (AvgIpc) is 2.70. The molecule has 4 atom stereocenters.